The van der Waals surface area contributed by atoms with E-state index in [0.717, 1.165) is 0 Å². The summed E-state index contributed by atoms with van der Waals surface area (Å²) in [6.45, 7) is 1.38. The molecule has 0 fully saturated rings. The van der Waals surface area contributed by atoms with E-state index in [1.807, 2.05) is 0 Å². The fourth-order valence-electron chi connectivity index (χ4n) is 1.16. The Kier molecular flexibility index (Phi) is 5.23. The Bertz CT molecular complexity index is 575. The fraction of sp³-hybridized carbons (Fsp3) is 0.182. The number of amides is 1. The molecule has 0 aliphatic carbocycles. The predicted octanol–water partition coefficient (Wildman–Crippen LogP) is 3.03. The lowest BCUT2D eigenvalue weighted by atomic mass is 10.1. The number of ketones is 1. The summed E-state index contributed by atoms with van der Waals surface area (Å²) in [6.07, 6.45) is -5.01. The Hall–Kier alpha value is -1.48. The highest BCUT2D eigenvalue weighted by molar-refractivity contribution is 9.10. The van der Waals surface area contributed by atoms with Crippen molar-refractivity contribution in [2.75, 3.05) is 5.32 Å². The number of nitrogens with one attached hydrogen (secondary N) is 2. The highest BCUT2D eigenvalue weighted by Gasteiger charge is 2.39. The van der Waals surface area contributed by atoms with Crippen LogP contribution in [0.5, 0.6) is 0 Å². The average Bonchev–Trinajstić information content (AvgIpc) is 2.30. The molecule has 0 unspecified atom stereocenters. The number of hydrogen-bond acceptors (Lipinski definition) is 3. The Morgan fingerprint density at radius 3 is 2.35 bits per heavy atom. The molecule has 0 aliphatic heterocycles. The average molecular weight is 369 g/mol. The van der Waals surface area contributed by atoms with Crippen LogP contribution in [0.25, 0.3) is 0 Å². The number of benzene rings is 1. The summed E-state index contributed by atoms with van der Waals surface area (Å²) in [5.41, 5.74) is 0.746. The van der Waals surface area contributed by atoms with Crippen LogP contribution in [0, 0.1) is 0 Å². The number of carbonyl (C=O) groups excluding carboxylic acids is 2. The van der Waals surface area contributed by atoms with Gasteiger partial charge in [-0.15, -0.1) is 0 Å². The Morgan fingerprint density at radius 2 is 1.90 bits per heavy atom. The third-order valence-corrected chi connectivity index (χ3v) is 2.97. The lowest BCUT2D eigenvalue weighted by Gasteiger charge is -2.12. The molecule has 0 spiro atoms. The number of anilines is 1. The van der Waals surface area contributed by atoms with E-state index in [-0.39, 0.29) is 5.78 Å². The second-order valence-electron chi connectivity index (χ2n) is 3.66. The van der Waals surface area contributed by atoms with Crippen molar-refractivity contribution in [2.24, 2.45) is 0 Å². The molecule has 20 heavy (non-hydrogen) atoms. The molecule has 1 rings (SSSR count). The van der Waals surface area contributed by atoms with E-state index in [2.05, 4.69) is 33.5 Å². The zero-order valence-corrected chi connectivity index (χ0v) is 12.4. The van der Waals surface area contributed by atoms with Gasteiger partial charge in [-0.1, -0.05) is 0 Å². The second kappa shape index (κ2) is 6.31. The van der Waals surface area contributed by atoms with Gasteiger partial charge in [0, 0.05) is 10.0 Å². The molecule has 9 heteroatoms. The summed E-state index contributed by atoms with van der Waals surface area (Å²) in [5.74, 6) is -2.32. The van der Waals surface area contributed by atoms with Gasteiger partial charge >= 0.3 is 12.1 Å². The van der Waals surface area contributed by atoms with Crippen LogP contribution in [0.1, 0.15) is 17.3 Å². The maximum Gasteiger partial charge on any atom is 0.471 e. The van der Waals surface area contributed by atoms with Crippen LogP contribution in [0.2, 0.25) is 0 Å². The van der Waals surface area contributed by atoms with Crippen molar-refractivity contribution in [2.45, 2.75) is 13.1 Å². The first-order chi connectivity index (χ1) is 9.11. The van der Waals surface area contributed by atoms with Crippen molar-refractivity contribution >= 4 is 50.6 Å². The SMILES string of the molecule is CC(=O)c1ccc(NC(=S)NC(=O)C(F)(F)F)c(Br)c1. The van der Waals surface area contributed by atoms with Crippen LogP contribution < -0.4 is 10.6 Å². The van der Waals surface area contributed by atoms with E-state index in [4.69, 9.17) is 0 Å². The first kappa shape index (κ1) is 16.6. The number of halogens is 4. The number of rotatable bonds is 2. The minimum absolute atomic E-state index is 0.162. The number of hydrogen-bond donors (Lipinski definition) is 2. The first-order valence-corrected chi connectivity index (χ1v) is 6.31. The van der Waals surface area contributed by atoms with E-state index in [1.165, 1.54) is 30.4 Å². The van der Waals surface area contributed by atoms with Crippen LogP contribution in [0.15, 0.2) is 22.7 Å². The molecule has 2 N–H and O–H groups in total. The van der Waals surface area contributed by atoms with Crippen molar-refractivity contribution in [3.63, 3.8) is 0 Å². The quantitative estimate of drug-likeness (QED) is 0.622. The standard InChI is InChI=1S/C11H8BrF3N2O2S/c1-5(18)6-2-3-8(7(12)4-6)16-10(20)17-9(19)11(13,14)15/h2-4H,1H3,(H2,16,17,19,20). The molecule has 0 radical (unpaired) electrons. The summed E-state index contributed by atoms with van der Waals surface area (Å²) < 4.78 is 36.5. The van der Waals surface area contributed by atoms with Crippen LogP contribution in [0.4, 0.5) is 18.9 Å². The number of alkyl halides is 3. The van der Waals surface area contributed by atoms with Gasteiger partial charge in [-0.3, -0.25) is 14.9 Å². The van der Waals surface area contributed by atoms with Crippen molar-refractivity contribution in [3.05, 3.63) is 28.2 Å². The van der Waals surface area contributed by atoms with Gasteiger partial charge < -0.3 is 5.32 Å². The Labute approximate surface area is 125 Å². The van der Waals surface area contributed by atoms with Crippen LogP contribution in [0.3, 0.4) is 0 Å². The highest BCUT2D eigenvalue weighted by Crippen LogP contribution is 2.24. The number of carbonyl (C=O) groups is 2. The van der Waals surface area contributed by atoms with E-state index in [9.17, 15) is 22.8 Å². The third-order valence-electron chi connectivity index (χ3n) is 2.11. The number of Topliss-reactive ketones (excluding diaryl/α,β-unsaturated/α-hetero) is 1. The monoisotopic (exact) mass is 368 g/mol. The molecule has 0 saturated heterocycles. The van der Waals surface area contributed by atoms with Crippen LogP contribution >= 0.6 is 28.1 Å². The Balaban J connectivity index is 2.77. The molecule has 4 nitrogen and oxygen atoms in total. The summed E-state index contributed by atoms with van der Waals surface area (Å²) in [7, 11) is 0. The molecule has 0 heterocycles. The van der Waals surface area contributed by atoms with Crippen LogP contribution in [-0.4, -0.2) is 23.0 Å². The van der Waals surface area contributed by atoms with Gasteiger partial charge in [0.1, 0.15) is 0 Å². The van der Waals surface area contributed by atoms with Gasteiger partial charge in [0.2, 0.25) is 0 Å². The smallest absolute Gasteiger partial charge is 0.331 e. The van der Waals surface area contributed by atoms with Gasteiger partial charge in [0.05, 0.1) is 5.69 Å². The topological polar surface area (TPSA) is 58.2 Å². The first-order valence-electron chi connectivity index (χ1n) is 5.11. The summed E-state index contributed by atoms with van der Waals surface area (Å²) in [4.78, 5) is 21.8. The minimum atomic E-state index is -5.01. The largest absolute Gasteiger partial charge is 0.471 e. The lowest BCUT2D eigenvalue weighted by molar-refractivity contribution is -0.171. The van der Waals surface area contributed by atoms with Gasteiger partial charge in [-0.2, -0.15) is 13.2 Å². The molecule has 108 valence electrons. The number of thiocarbonyl (C=S) groups is 1. The van der Waals surface area contributed by atoms with E-state index >= 15 is 0 Å². The minimum Gasteiger partial charge on any atom is -0.331 e. The van der Waals surface area contributed by atoms with E-state index in [1.54, 1.807) is 0 Å². The second-order valence-corrected chi connectivity index (χ2v) is 4.92. The molecule has 0 aromatic heterocycles. The molecule has 1 aromatic rings. The fourth-order valence-corrected chi connectivity index (χ4v) is 1.84. The molecule has 0 saturated carbocycles. The van der Waals surface area contributed by atoms with Crippen molar-refractivity contribution in [1.29, 1.82) is 0 Å². The van der Waals surface area contributed by atoms with Crippen molar-refractivity contribution in [3.8, 4) is 0 Å². The lowest BCUT2D eigenvalue weighted by Crippen LogP contribution is -2.42. The Morgan fingerprint density at radius 1 is 1.30 bits per heavy atom. The van der Waals surface area contributed by atoms with E-state index < -0.39 is 17.2 Å². The molecular formula is C11H8BrF3N2O2S. The molecule has 0 atom stereocenters. The molecule has 0 bridgehead atoms. The van der Waals surface area contributed by atoms with Crippen molar-refractivity contribution < 1.29 is 22.8 Å². The summed E-state index contributed by atoms with van der Waals surface area (Å²) in [6, 6.07) is 4.41. The normalized spacial score (nSPS) is 10.8. The zero-order chi connectivity index (χ0) is 15.5. The van der Waals surface area contributed by atoms with Gasteiger partial charge in [0.15, 0.2) is 10.9 Å². The molecular weight excluding hydrogens is 361 g/mol. The maximum atomic E-state index is 12.0. The maximum absolute atomic E-state index is 12.0. The van der Waals surface area contributed by atoms with Gasteiger partial charge in [-0.25, -0.2) is 0 Å². The van der Waals surface area contributed by atoms with Gasteiger partial charge in [-0.05, 0) is 53.3 Å². The zero-order valence-electron chi connectivity index (χ0n) is 9.97. The van der Waals surface area contributed by atoms with Crippen molar-refractivity contribution in [1.82, 2.24) is 5.32 Å². The summed E-state index contributed by atoms with van der Waals surface area (Å²) in [5, 5.41) is 3.43. The molecule has 0 aliphatic rings. The van der Waals surface area contributed by atoms with E-state index in [0.29, 0.717) is 15.7 Å². The molecule has 1 amide bonds. The van der Waals surface area contributed by atoms with Gasteiger partial charge in [0.25, 0.3) is 0 Å². The third kappa shape index (κ3) is 4.57. The summed E-state index contributed by atoms with van der Waals surface area (Å²) >= 11 is 7.73. The van der Waals surface area contributed by atoms with Crippen LogP contribution in [-0.2, 0) is 4.79 Å². The predicted molar refractivity (Wildman–Crippen MR) is 74.6 cm³/mol. The molecule has 1 aromatic carbocycles. The highest BCUT2D eigenvalue weighted by atomic mass is 79.9.